The Morgan fingerprint density at radius 2 is 1.67 bits per heavy atom. The number of hydrogen-bond donors (Lipinski definition) is 0. The minimum Gasteiger partial charge on any atom is -0.497 e. The van der Waals surface area contributed by atoms with Gasteiger partial charge in [-0.05, 0) is 55.8 Å². The molecule has 0 atom stereocenters. The van der Waals surface area contributed by atoms with E-state index in [-0.39, 0.29) is 11.9 Å². The maximum absolute atomic E-state index is 13.7. The van der Waals surface area contributed by atoms with E-state index < -0.39 is 0 Å². The van der Waals surface area contributed by atoms with E-state index in [1.807, 2.05) is 78.0 Å². The molecule has 0 saturated heterocycles. The van der Waals surface area contributed by atoms with Gasteiger partial charge in [0.05, 0.1) is 32.2 Å². The molecule has 1 aromatic heterocycles. The van der Waals surface area contributed by atoms with Crippen molar-refractivity contribution in [1.29, 1.82) is 0 Å². The Morgan fingerprint density at radius 1 is 0.949 bits per heavy atom. The van der Waals surface area contributed by atoms with Gasteiger partial charge in [0.25, 0.3) is 5.91 Å². The van der Waals surface area contributed by atoms with Crippen molar-refractivity contribution in [1.82, 2.24) is 19.6 Å². The van der Waals surface area contributed by atoms with E-state index >= 15 is 0 Å². The van der Waals surface area contributed by atoms with Crippen molar-refractivity contribution < 1.29 is 14.3 Å². The van der Waals surface area contributed by atoms with Crippen LogP contribution in [0, 0.1) is 0 Å². The van der Waals surface area contributed by atoms with Gasteiger partial charge in [-0.15, -0.1) is 0 Å². The van der Waals surface area contributed by atoms with Gasteiger partial charge in [0.1, 0.15) is 17.2 Å². The van der Waals surface area contributed by atoms with Gasteiger partial charge < -0.3 is 14.4 Å². The zero-order valence-corrected chi connectivity index (χ0v) is 23.1. The first kappa shape index (κ1) is 26.5. The van der Waals surface area contributed by atoms with Crippen molar-refractivity contribution in [2.45, 2.75) is 45.9 Å². The number of fused-ring (bicyclic) bond motifs is 1. The SMILES string of the molecule is COc1ccc(C(=O)N(Cc2nn(-c3ccccc3OC)c3c2CN(Cc2ccccc2)CC3)C(C)C)cc1. The molecule has 0 bridgehead atoms. The van der Waals surface area contributed by atoms with Gasteiger partial charge in [-0.1, -0.05) is 42.5 Å². The highest BCUT2D eigenvalue weighted by molar-refractivity contribution is 5.94. The summed E-state index contributed by atoms with van der Waals surface area (Å²) in [5, 5.41) is 5.13. The first-order chi connectivity index (χ1) is 19.0. The molecule has 0 unspecified atom stereocenters. The summed E-state index contributed by atoms with van der Waals surface area (Å²) in [5.74, 6) is 1.48. The Bertz CT molecular complexity index is 1410. The Kier molecular flexibility index (Phi) is 7.98. The van der Waals surface area contributed by atoms with E-state index in [1.54, 1.807) is 14.2 Å². The summed E-state index contributed by atoms with van der Waals surface area (Å²) < 4.78 is 13.0. The van der Waals surface area contributed by atoms with Crippen LogP contribution in [-0.4, -0.2) is 52.3 Å². The monoisotopic (exact) mass is 524 g/mol. The van der Waals surface area contributed by atoms with Crippen LogP contribution in [-0.2, 0) is 26.1 Å². The standard InChI is InChI=1S/C32H36N4O3/c1-23(2)35(32(37)25-14-16-26(38-3)17-15-25)22-28-27-21-34(20-24-10-6-5-7-11-24)19-18-29(27)36(33-28)30-12-8-9-13-31(30)39-4/h5-17,23H,18-22H2,1-4H3. The molecule has 202 valence electrons. The van der Waals surface area contributed by atoms with Gasteiger partial charge >= 0.3 is 0 Å². The Morgan fingerprint density at radius 3 is 2.36 bits per heavy atom. The Balaban J connectivity index is 1.51. The first-order valence-electron chi connectivity index (χ1n) is 13.4. The number of hydrogen-bond acceptors (Lipinski definition) is 5. The number of ether oxygens (including phenoxy) is 2. The van der Waals surface area contributed by atoms with Gasteiger partial charge in [0.15, 0.2) is 0 Å². The fourth-order valence-electron chi connectivity index (χ4n) is 5.20. The number of aromatic nitrogens is 2. The van der Waals surface area contributed by atoms with E-state index in [4.69, 9.17) is 14.6 Å². The summed E-state index contributed by atoms with van der Waals surface area (Å²) in [6.45, 7) is 7.10. The molecule has 39 heavy (non-hydrogen) atoms. The minimum atomic E-state index is -0.0230. The zero-order chi connectivity index (χ0) is 27.4. The maximum Gasteiger partial charge on any atom is 0.254 e. The van der Waals surface area contributed by atoms with Crippen molar-refractivity contribution >= 4 is 5.91 Å². The zero-order valence-electron chi connectivity index (χ0n) is 23.1. The van der Waals surface area contributed by atoms with Crippen molar-refractivity contribution in [3.8, 4) is 17.2 Å². The van der Waals surface area contributed by atoms with E-state index in [2.05, 4.69) is 29.2 Å². The van der Waals surface area contributed by atoms with Crippen molar-refractivity contribution in [3.63, 3.8) is 0 Å². The number of carbonyl (C=O) groups excluding carboxylic acids is 1. The quantitative estimate of drug-likeness (QED) is 0.289. The number of amides is 1. The van der Waals surface area contributed by atoms with Crippen LogP contribution in [0.5, 0.6) is 11.5 Å². The molecule has 1 amide bonds. The normalized spacial score (nSPS) is 13.3. The summed E-state index contributed by atoms with van der Waals surface area (Å²) >= 11 is 0. The van der Waals surface area contributed by atoms with E-state index in [9.17, 15) is 4.79 Å². The predicted octanol–water partition coefficient (Wildman–Crippen LogP) is 5.50. The molecule has 3 aromatic carbocycles. The first-order valence-corrected chi connectivity index (χ1v) is 13.4. The van der Waals surface area contributed by atoms with Crippen LogP contribution in [0.1, 0.15) is 46.7 Å². The highest BCUT2D eigenvalue weighted by Crippen LogP contribution is 2.31. The number of methoxy groups -OCH3 is 2. The van der Waals surface area contributed by atoms with Crippen LogP contribution in [0.3, 0.4) is 0 Å². The van der Waals surface area contributed by atoms with E-state index in [1.165, 1.54) is 16.8 Å². The van der Waals surface area contributed by atoms with Gasteiger partial charge in [-0.25, -0.2) is 4.68 Å². The molecule has 2 heterocycles. The van der Waals surface area contributed by atoms with Crippen LogP contribution in [0.2, 0.25) is 0 Å². The minimum absolute atomic E-state index is 0.00400. The fourth-order valence-corrected chi connectivity index (χ4v) is 5.20. The summed E-state index contributed by atoms with van der Waals surface area (Å²) in [4.78, 5) is 18.0. The summed E-state index contributed by atoms with van der Waals surface area (Å²) in [6.07, 6.45) is 0.862. The molecule has 4 aromatic rings. The lowest BCUT2D eigenvalue weighted by atomic mass is 10.0. The van der Waals surface area contributed by atoms with Crippen molar-refractivity contribution in [2.24, 2.45) is 0 Å². The largest absolute Gasteiger partial charge is 0.497 e. The highest BCUT2D eigenvalue weighted by atomic mass is 16.5. The van der Waals surface area contributed by atoms with E-state index in [0.29, 0.717) is 12.1 Å². The second kappa shape index (κ2) is 11.7. The second-order valence-corrected chi connectivity index (χ2v) is 10.2. The number of rotatable bonds is 9. The third kappa shape index (κ3) is 5.68. The maximum atomic E-state index is 13.7. The number of benzene rings is 3. The lowest BCUT2D eigenvalue weighted by Crippen LogP contribution is -2.37. The average molecular weight is 525 g/mol. The second-order valence-electron chi connectivity index (χ2n) is 10.2. The van der Waals surface area contributed by atoms with Gasteiger partial charge in [0.2, 0.25) is 0 Å². The molecule has 1 aliphatic rings. The van der Waals surface area contributed by atoms with Gasteiger partial charge in [-0.2, -0.15) is 5.10 Å². The lowest BCUT2D eigenvalue weighted by molar-refractivity contribution is 0.0686. The molecular formula is C32H36N4O3. The number of nitrogens with zero attached hydrogens (tertiary/aromatic N) is 4. The molecule has 5 rings (SSSR count). The number of carbonyl (C=O) groups is 1. The number of para-hydroxylation sites is 2. The Hall–Kier alpha value is -4.10. The van der Waals surface area contributed by atoms with Crippen LogP contribution in [0.15, 0.2) is 78.9 Å². The molecule has 0 N–H and O–H groups in total. The van der Waals surface area contributed by atoms with Crippen LogP contribution < -0.4 is 9.47 Å². The van der Waals surface area contributed by atoms with Crippen molar-refractivity contribution in [3.05, 3.63) is 107 Å². The summed E-state index contributed by atoms with van der Waals surface area (Å²) in [5.41, 5.74) is 6.13. The topological polar surface area (TPSA) is 59.8 Å². The molecule has 0 saturated carbocycles. The molecule has 0 radical (unpaired) electrons. The summed E-state index contributed by atoms with van der Waals surface area (Å²) in [6, 6.07) is 25.8. The van der Waals surface area contributed by atoms with Crippen LogP contribution in [0.25, 0.3) is 5.69 Å². The Labute approximate surface area is 230 Å². The predicted molar refractivity (Wildman–Crippen MR) is 152 cm³/mol. The average Bonchev–Trinajstić information content (AvgIpc) is 3.33. The van der Waals surface area contributed by atoms with Crippen molar-refractivity contribution in [2.75, 3.05) is 20.8 Å². The molecule has 0 aliphatic carbocycles. The van der Waals surface area contributed by atoms with Crippen LogP contribution in [0.4, 0.5) is 0 Å². The third-order valence-corrected chi connectivity index (χ3v) is 7.32. The molecule has 7 heteroatoms. The molecule has 1 aliphatic heterocycles. The van der Waals surface area contributed by atoms with Gasteiger partial charge in [0, 0.05) is 43.2 Å². The molecular weight excluding hydrogens is 488 g/mol. The summed E-state index contributed by atoms with van der Waals surface area (Å²) in [7, 11) is 3.31. The molecule has 0 fully saturated rings. The lowest BCUT2D eigenvalue weighted by Gasteiger charge is -2.30. The smallest absolute Gasteiger partial charge is 0.254 e. The molecule has 7 nitrogen and oxygen atoms in total. The highest BCUT2D eigenvalue weighted by Gasteiger charge is 2.29. The van der Waals surface area contributed by atoms with Crippen LogP contribution >= 0.6 is 0 Å². The third-order valence-electron chi connectivity index (χ3n) is 7.32. The van der Waals surface area contributed by atoms with Gasteiger partial charge in [-0.3, -0.25) is 9.69 Å². The molecule has 0 spiro atoms. The fraction of sp³-hybridized carbons (Fsp3) is 0.312. The van der Waals surface area contributed by atoms with E-state index in [0.717, 1.165) is 48.9 Å².